The number of carbonyl (C=O) groups is 1. The Morgan fingerprint density at radius 3 is 2.69 bits per heavy atom. The molecule has 0 aromatic heterocycles. The predicted octanol–water partition coefficient (Wildman–Crippen LogP) is -1.45. The number of aliphatic imine (C=N–C) groups is 1. The number of hydrogen-bond acceptors (Lipinski definition) is 3. The largest absolute Gasteiger partial charge is 0.358 e. The van der Waals surface area contributed by atoms with E-state index in [1.165, 1.54) is 0 Å². The molecule has 0 aromatic carbocycles. The molecule has 0 saturated heterocycles. The van der Waals surface area contributed by atoms with Gasteiger partial charge in [-0.25, -0.2) is 10.8 Å². The van der Waals surface area contributed by atoms with Crippen LogP contribution >= 0.6 is 0 Å². The van der Waals surface area contributed by atoms with Crippen molar-refractivity contribution < 1.29 is 4.79 Å². The van der Waals surface area contributed by atoms with Crippen LogP contribution in [-0.4, -0.2) is 32.0 Å². The van der Waals surface area contributed by atoms with Gasteiger partial charge >= 0.3 is 0 Å². The van der Waals surface area contributed by atoms with E-state index in [9.17, 15) is 4.79 Å². The molecule has 0 saturated carbocycles. The van der Waals surface area contributed by atoms with Crippen molar-refractivity contribution in [2.75, 3.05) is 20.1 Å². The predicted molar refractivity (Wildman–Crippen MR) is 52.0 cm³/mol. The number of rotatable bonds is 4. The molecule has 0 spiro atoms. The summed E-state index contributed by atoms with van der Waals surface area (Å²) in [4.78, 5) is 14.7. The average molecular weight is 187 g/mol. The van der Waals surface area contributed by atoms with E-state index in [0.717, 1.165) is 13.0 Å². The van der Waals surface area contributed by atoms with Crippen LogP contribution in [0.4, 0.5) is 0 Å². The normalized spacial score (nSPS) is 10.8. The maximum absolute atomic E-state index is 10.8. The van der Waals surface area contributed by atoms with E-state index in [1.54, 1.807) is 7.05 Å². The first-order chi connectivity index (χ1) is 6.24. The lowest BCUT2D eigenvalue weighted by atomic mass is 10.5. The highest BCUT2D eigenvalue weighted by Crippen LogP contribution is 1.74. The van der Waals surface area contributed by atoms with Crippen LogP contribution in [0.1, 0.15) is 13.3 Å². The van der Waals surface area contributed by atoms with Crippen molar-refractivity contribution >= 4 is 11.9 Å². The number of nitrogens with one attached hydrogen (secondary N) is 3. The van der Waals surface area contributed by atoms with E-state index in [1.807, 2.05) is 6.92 Å². The van der Waals surface area contributed by atoms with Crippen LogP contribution in [0.5, 0.6) is 0 Å². The van der Waals surface area contributed by atoms with Gasteiger partial charge in [-0.1, -0.05) is 6.92 Å². The number of carbonyl (C=O) groups excluding carboxylic acids is 1. The molecule has 0 aromatic rings. The first-order valence-corrected chi connectivity index (χ1v) is 4.20. The number of nitrogens with zero attached hydrogens (tertiary/aromatic N) is 1. The molecule has 1 amide bonds. The minimum Gasteiger partial charge on any atom is -0.358 e. The van der Waals surface area contributed by atoms with Gasteiger partial charge in [-0.2, -0.15) is 0 Å². The maximum atomic E-state index is 10.8. The van der Waals surface area contributed by atoms with Gasteiger partial charge in [-0.15, -0.1) is 0 Å². The highest BCUT2D eigenvalue weighted by atomic mass is 16.1. The van der Waals surface area contributed by atoms with Gasteiger partial charge in [0, 0.05) is 13.6 Å². The highest BCUT2D eigenvalue weighted by molar-refractivity contribution is 5.84. The van der Waals surface area contributed by atoms with Crippen LogP contribution in [0.15, 0.2) is 4.99 Å². The molecule has 13 heavy (non-hydrogen) atoms. The molecular formula is C7H17N5O. The van der Waals surface area contributed by atoms with E-state index in [-0.39, 0.29) is 12.5 Å². The molecule has 6 nitrogen and oxygen atoms in total. The molecule has 0 radical (unpaired) electrons. The van der Waals surface area contributed by atoms with Crippen molar-refractivity contribution in [3.05, 3.63) is 0 Å². The molecule has 0 rings (SSSR count). The van der Waals surface area contributed by atoms with Crippen LogP contribution in [0.3, 0.4) is 0 Å². The third-order valence-electron chi connectivity index (χ3n) is 1.34. The molecule has 0 aliphatic carbocycles. The van der Waals surface area contributed by atoms with Crippen molar-refractivity contribution in [3.63, 3.8) is 0 Å². The molecule has 0 aliphatic heterocycles. The first kappa shape index (κ1) is 11.7. The molecule has 0 bridgehead atoms. The Morgan fingerprint density at radius 1 is 1.54 bits per heavy atom. The minimum atomic E-state index is -0.147. The lowest BCUT2D eigenvalue weighted by molar-refractivity contribution is -0.119. The number of hydrazine groups is 1. The van der Waals surface area contributed by atoms with E-state index < -0.39 is 0 Å². The standard InChI is InChI=1S/C7H17N5O/c1-3-4-10-7(12-8)11-5-6(13)9-2/h3-5,8H2,1-2H3,(H,9,13)(H2,10,11,12). The summed E-state index contributed by atoms with van der Waals surface area (Å²) in [7, 11) is 1.56. The number of hydrogen-bond donors (Lipinski definition) is 4. The van der Waals surface area contributed by atoms with Gasteiger partial charge in [0.2, 0.25) is 11.9 Å². The quantitative estimate of drug-likeness (QED) is 0.187. The Hall–Kier alpha value is -1.30. The molecule has 0 fully saturated rings. The summed E-state index contributed by atoms with van der Waals surface area (Å²) in [5.41, 5.74) is 2.38. The molecule has 0 atom stereocenters. The van der Waals surface area contributed by atoms with Crippen molar-refractivity contribution in [3.8, 4) is 0 Å². The van der Waals surface area contributed by atoms with E-state index in [2.05, 4.69) is 21.1 Å². The van der Waals surface area contributed by atoms with Gasteiger partial charge in [-0.05, 0) is 6.42 Å². The van der Waals surface area contributed by atoms with Gasteiger partial charge in [-0.3, -0.25) is 10.2 Å². The van der Waals surface area contributed by atoms with E-state index >= 15 is 0 Å². The number of likely N-dealkylation sites (N-methyl/N-ethyl adjacent to an activating group) is 1. The van der Waals surface area contributed by atoms with Crippen LogP contribution < -0.4 is 21.9 Å². The molecule has 5 N–H and O–H groups in total. The summed E-state index contributed by atoms with van der Waals surface area (Å²) >= 11 is 0. The van der Waals surface area contributed by atoms with Crippen molar-refractivity contribution in [1.29, 1.82) is 0 Å². The second-order valence-electron chi connectivity index (χ2n) is 2.41. The van der Waals surface area contributed by atoms with Crippen molar-refractivity contribution in [1.82, 2.24) is 16.1 Å². The van der Waals surface area contributed by atoms with Crippen LogP contribution in [0, 0.1) is 0 Å². The van der Waals surface area contributed by atoms with Crippen molar-refractivity contribution in [2.24, 2.45) is 10.8 Å². The molecule has 76 valence electrons. The zero-order valence-corrected chi connectivity index (χ0v) is 8.05. The van der Waals surface area contributed by atoms with Gasteiger partial charge in [0.1, 0.15) is 6.54 Å². The third-order valence-corrected chi connectivity index (χ3v) is 1.34. The first-order valence-electron chi connectivity index (χ1n) is 4.20. The van der Waals surface area contributed by atoms with Crippen LogP contribution in [0.2, 0.25) is 0 Å². The van der Waals surface area contributed by atoms with E-state index in [4.69, 9.17) is 5.84 Å². The monoisotopic (exact) mass is 187 g/mol. The third kappa shape index (κ3) is 5.92. The molecule has 6 heteroatoms. The summed E-state index contributed by atoms with van der Waals surface area (Å²) in [5.74, 6) is 5.45. The maximum Gasteiger partial charge on any atom is 0.241 e. The molecule has 0 heterocycles. The zero-order chi connectivity index (χ0) is 10.1. The number of amides is 1. The Balaban J connectivity index is 3.84. The van der Waals surface area contributed by atoms with Crippen LogP contribution in [-0.2, 0) is 4.79 Å². The SMILES string of the molecule is CCCNC(=NCC(=O)NC)NN. The van der Waals surface area contributed by atoms with Crippen LogP contribution in [0.25, 0.3) is 0 Å². The van der Waals surface area contributed by atoms with Gasteiger partial charge in [0.15, 0.2) is 0 Å². The summed E-state index contributed by atoms with van der Waals surface area (Å²) < 4.78 is 0. The lowest BCUT2D eigenvalue weighted by Gasteiger charge is -2.06. The smallest absolute Gasteiger partial charge is 0.241 e. The van der Waals surface area contributed by atoms with Gasteiger partial charge in [0.05, 0.1) is 0 Å². The van der Waals surface area contributed by atoms with Gasteiger partial charge in [0.25, 0.3) is 0 Å². The minimum absolute atomic E-state index is 0.0761. The molecule has 0 aliphatic rings. The Bertz CT molecular complexity index is 180. The number of guanidine groups is 1. The zero-order valence-electron chi connectivity index (χ0n) is 8.05. The second kappa shape index (κ2) is 7.35. The Labute approximate surface area is 77.9 Å². The fourth-order valence-corrected chi connectivity index (χ4v) is 0.626. The topological polar surface area (TPSA) is 91.5 Å². The fraction of sp³-hybridized carbons (Fsp3) is 0.714. The lowest BCUT2D eigenvalue weighted by Crippen LogP contribution is -2.42. The average Bonchev–Trinajstić information content (AvgIpc) is 2.17. The highest BCUT2D eigenvalue weighted by Gasteiger charge is 1.97. The van der Waals surface area contributed by atoms with E-state index in [0.29, 0.717) is 5.96 Å². The summed E-state index contributed by atoms with van der Waals surface area (Å²) in [6, 6.07) is 0. The van der Waals surface area contributed by atoms with Gasteiger partial charge < -0.3 is 10.6 Å². The summed E-state index contributed by atoms with van der Waals surface area (Å²) in [6.45, 7) is 2.88. The summed E-state index contributed by atoms with van der Waals surface area (Å²) in [5, 5.41) is 5.39. The second-order valence-corrected chi connectivity index (χ2v) is 2.41. The summed E-state index contributed by atoms with van der Waals surface area (Å²) in [6.07, 6.45) is 0.973. The van der Waals surface area contributed by atoms with Crippen molar-refractivity contribution in [2.45, 2.75) is 13.3 Å². The Kier molecular flexibility index (Phi) is 6.62. The fourth-order valence-electron chi connectivity index (χ4n) is 0.626. The molecule has 0 unspecified atom stereocenters. The number of nitrogens with two attached hydrogens (primary N) is 1. The Morgan fingerprint density at radius 2 is 2.23 bits per heavy atom. The molecular weight excluding hydrogens is 170 g/mol.